The van der Waals surface area contributed by atoms with Crippen LogP contribution in [-0.4, -0.2) is 24.2 Å². The Kier molecular flexibility index (Phi) is 5.50. The molecule has 0 unspecified atom stereocenters. The van der Waals surface area contributed by atoms with Crippen LogP contribution in [0.5, 0.6) is 5.88 Å². The van der Waals surface area contributed by atoms with Gasteiger partial charge >= 0.3 is 5.97 Å². The summed E-state index contributed by atoms with van der Waals surface area (Å²) in [4.78, 5) is 15.8. The number of hydrogen-bond acceptors (Lipinski definition) is 5. The fourth-order valence-electron chi connectivity index (χ4n) is 1.76. The van der Waals surface area contributed by atoms with E-state index in [4.69, 9.17) is 14.7 Å². The monoisotopic (exact) mass is 296 g/mol. The smallest absolute Gasteiger partial charge is 0.338 e. The van der Waals surface area contributed by atoms with Crippen molar-refractivity contribution in [3.8, 4) is 11.9 Å². The molecular formula is C17H16N2O3. The molecule has 1 aromatic carbocycles. The lowest BCUT2D eigenvalue weighted by Gasteiger charge is -2.07. The maximum Gasteiger partial charge on any atom is 0.338 e. The normalized spacial score (nSPS) is 9.82. The minimum atomic E-state index is -0.351. The number of nitriles is 1. The molecule has 0 saturated carbocycles. The summed E-state index contributed by atoms with van der Waals surface area (Å²) < 4.78 is 10.6. The van der Waals surface area contributed by atoms with Gasteiger partial charge in [-0.2, -0.15) is 5.26 Å². The molecule has 2 rings (SSSR count). The molecule has 0 spiro atoms. The van der Waals surface area contributed by atoms with Crippen LogP contribution >= 0.6 is 0 Å². The van der Waals surface area contributed by atoms with Crippen molar-refractivity contribution >= 4 is 5.97 Å². The SMILES string of the molecule is Cc1ccc(C(=O)OCCCOc2ncccc2C#N)cc1. The second kappa shape index (κ2) is 7.79. The Hall–Kier alpha value is -2.87. The van der Waals surface area contributed by atoms with Crippen molar-refractivity contribution < 1.29 is 14.3 Å². The van der Waals surface area contributed by atoms with E-state index in [0.29, 0.717) is 30.0 Å². The molecule has 0 amide bonds. The second-order valence-electron chi connectivity index (χ2n) is 4.67. The number of nitrogens with zero attached hydrogens (tertiary/aromatic N) is 2. The average Bonchev–Trinajstić information content (AvgIpc) is 2.55. The van der Waals surface area contributed by atoms with Crippen molar-refractivity contribution in [1.82, 2.24) is 4.98 Å². The fourth-order valence-corrected chi connectivity index (χ4v) is 1.76. The Morgan fingerprint density at radius 2 is 2.00 bits per heavy atom. The van der Waals surface area contributed by atoms with Crippen molar-refractivity contribution in [2.45, 2.75) is 13.3 Å². The van der Waals surface area contributed by atoms with Gasteiger partial charge in [-0.3, -0.25) is 0 Å². The molecule has 5 heteroatoms. The van der Waals surface area contributed by atoms with Crippen LogP contribution in [0, 0.1) is 18.3 Å². The number of rotatable bonds is 6. The van der Waals surface area contributed by atoms with Crippen LogP contribution in [0.1, 0.15) is 27.9 Å². The molecule has 0 N–H and O–H groups in total. The number of hydrogen-bond donors (Lipinski definition) is 0. The summed E-state index contributed by atoms with van der Waals surface area (Å²) in [5.41, 5.74) is 2.01. The largest absolute Gasteiger partial charge is 0.477 e. The van der Waals surface area contributed by atoms with Gasteiger partial charge in [0.15, 0.2) is 0 Å². The first-order valence-corrected chi connectivity index (χ1v) is 6.92. The number of ether oxygens (including phenoxy) is 2. The van der Waals surface area contributed by atoms with E-state index in [1.807, 2.05) is 25.1 Å². The summed E-state index contributed by atoms with van der Waals surface area (Å²) in [5, 5.41) is 8.90. The highest BCUT2D eigenvalue weighted by molar-refractivity contribution is 5.89. The first-order valence-electron chi connectivity index (χ1n) is 6.92. The third-order valence-corrected chi connectivity index (χ3v) is 2.94. The Balaban J connectivity index is 1.72. The molecule has 1 heterocycles. The minimum Gasteiger partial charge on any atom is -0.477 e. The number of aromatic nitrogens is 1. The summed E-state index contributed by atoms with van der Waals surface area (Å²) in [7, 11) is 0. The van der Waals surface area contributed by atoms with E-state index in [1.165, 1.54) is 0 Å². The van der Waals surface area contributed by atoms with E-state index in [2.05, 4.69) is 4.98 Å². The zero-order valence-corrected chi connectivity index (χ0v) is 12.3. The van der Waals surface area contributed by atoms with Crippen LogP contribution in [-0.2, 0) is 4.74 Å². The van der Waals surface area contributed by atoms with E-state index in [1.54, 1.807) is 30.5 Å². The highest BCUT2D eigenvalue weighted by Crippen LogP contribution is 2.12. The number of aryl methyl sites for hydroxylation is 1. The van der Waals surface area contributed by atoms with E-state index >= 15 is 0 Å². The Morgan fingerprint density at radius 3 is 2.73 bits per heavy atom. The van der Waals surface area contributed by atoms with Crippen molar-refractivity contribution in [2.24, 2.45) is 0 Å². The summed E-state index contributed by atoms with van der Waals surface area (Å²) in [6, 6.07) is 12.5. The molecule has 22 heavy (non-hydrogen) atoms. The summed E-state index contributed by atoms with van der Waals surface area (Å²) >= 11 is 0. The highest BCUT2D eigenvalue weighted by Gasteiger charge is 2.07. The average molecular weight is 296 g/mol. The van der Waals surface area contributed by atoms with Crippen LogP contribution in [0.3, 0.4) is 0 Å². The third-order valence-electron chi connectivity index (χ3n) is 2.94. The van der Waals surface area contributed by atoms with E-state index in [-0.39, 0.29) is 12.6 Å². The van der Waals surface area contributed by atoms with Crippen LogP contribution in [0.15, 0.2) is 42.6 Å². The third kappa shape index (κ3) is 4.32. The molecule has 0 bridgehead atoms. The molecule has 0 saturated heterocycles. The molecular weight excluding hydrogens is 280 g/mol. The molecule has 112 valence electrons. The first kappa shape index (κ1) is 15.5. The first-order chi connectivity index (χ1) is 10.7. The van der Waals surface area contributed by atoms with Gasteiger partial charge in [0.05, 0.1) is 18.8 Å². The molecule has 0 atom stereocenters. The van der Waals surface area contributed by atoms with E-state index < -0.39 is 0 Å². The van der Waals surface area contributed by atoms with Crippen LogP contribution in [0.2, 0.25) is 0 Å². The molecule has 0 fully saturated rings. The van der Waals surface area contributed by atoms with Crippen LogP contribution < -0.4 is 4.74 Å². The molecule has 0 aliphatic rings. The van der Waals surface area contributed by atoms with Gasteiger partial charge in [-0.25, -0.2) is 9.78 Å². The van der Waals surface area contributed by atoms with Crippen molar-refractivity contribution in [2.75, 3.05) is 13.2 Å². The molecule has 2 aromatic rings. The highest BCUT2D eigenvalue weighted by atomic mass is 16.5. The van der Waals surface area contributed by atoms with Crippen LogP contribution in [0.25, 0.3) is 0 Å². The standard InChI is InChI=1S/C17H16N2O3/c1-13-5-7-14(8-6-13)17(20)22-11-3-10-21-16-15(12-18)4-2-9-19-16/h2,4-9H,3,10-11H2,1H3. The topological polar surface area (TPSA) is 72.2 Å². The summed E-state index contributed by atoms with van der Waals surface area (Å²) in [6.45, 7) is 2.54. The molecule has 1 aromatic heterocycles. The van der Waals surface area contributed by atoms with Gasteiger partial charge < -0.3 is 9.47 Å². The molecule has 5 nitrogen and oxygen atoms in total. The van der Waals surface area contributed by atoms with Gasteiger partial charge in [0.1, 0.15) is 11.6 Å². The Labute approximate surface area is 129 Å². The van der Waals surface area contributed by atoms with Gasteiger partial charge in [-0.05, 0) is 31.2 Å². The van der Waals surface area contributed by atoms with Gasteiger partial charge in [0.2, 0.25) is 5.88 Å². The molecule has 0 aliphatic carbocycles. The maximum absolute atomic E-state index is 11.8. The molecule has 0 radical (unpaired) electrons. The summed E-state index contributed by atoms with van der Waals surface area (Å²) in [6.07, 6.45) is 2.09. The van der Waals surface area contributed by atoms with Gasteiger partial charge in [-0.1, -0.05) is 17.7 Å². The predicted octanol–water partition coefficient (Wildman–Crippen LogP) is 2.89. The second-order valence-corrected chi connectivity index (χ2v) is 4.67. The van der Waals surface area contributed by atoms with Crippen molar-refractivity contribution in [3.05, 3.63) is 59.3 Å². The molecule has 0 aliphatic heterocycles. The maximum atomic E-state index is 11.8. The zero-order chi connectivity index (χ0) is 15.8. The quantitative estimate of drug-likeness (QED) is 0.605. The number of esters is 1. The van der Waals surface area contributed by atoms with E-state index in [9.17, 15) is 4.79 Å². The fraction of sp³-hybridized carbons (Fsp3) is 0.235. The van der Waals surface area contributed by atoms with Crippen molar-refractivity contribution in [1.29, 1.82) is 5.26 Å². The predicted molar refractivity (Wildman–Crippen MR) is 80.5 cm³/mol. The van der Waals surface area contributed by atoms with Crippen LogP contribution in [0.4, 0.5) is 0 Å². The lowest BCUT2D eigenvalue weighted by molar-refractivity contribution is 0.0485. The number of carbonyl (C=O) groups is 1. The zero-order valence-electron chi connectivity index (χ0n) is 12.3. The van der Waals surface area contributed by atoms with E-state index in [0.717, 1.165) is 5.56 Å². The number of pyridine rings is 1. The van der Waals surface area contributed by atoms with Gasteiger partial charge in [0, 0.05) is 12.6 Å². The lowest BCUT2D eigenvalue weighted by Crippen LogP contribution is -2.10. The lowest BCUT2D eigenvalue weighted by atomic mass is 10.1. The minimum absolute atomic E-state index is 0.251. The number of benzene rings is 1. The van der Waals surface area contributed by atoms with Gasteiger partial charge in [0.25, 0.3) is 0 Å². The summed E-state index contributed by atoms with van der Waals surface area (Å²) in [5.74, 6) is -0.0505. The van der Waals surface area contributed by atoms with Crippen molar-refractivity contribution in [3.63, 3.8) is 0 Å². The Bertz CT molecular complexity index is 675. The van der Waals surface area contributed by atoms with Gasteiger partial charge in [-0.15, -0.1) is 0 Å². The number of carbonyl (C=O) groups excluding carboxylic acids is 1. The Morgan fingerprint density at radius 1 is 1.23 bits per heavy atom.